The van der Waals surface area contributed by atoms with Crippen molar-refractivity contribution in [1.29, 1.82) is 0 Å². The van der Waals surface area contributed by atoms with E-state index < -0.39 is 5.82 Å². The van der Waals surface area contributed by atoms with Crippen LogP contribution in [0.5, 0.6) is 0 Å². The Labute approximate surface area is 115 Å². The Morgan fingerprint density at radius 2 is 2.18 bits per heavy atom. The van der Waals surface area contributed by atoms with Crippen molar-refractivity contribution >= 4 is 34.2 Å². The van der Waals surface area contributed by atoms with Gasteiger partial charge in [-0.2, -0.15) is 0 Å². The minimum atomic E-state index is -0.500. The van der Waals surface area contributed by atoms with Crippen LogP contribution in [0.3, 0.4) is 0 Å². The fourth-order valence-corrected chi connectivity index (χ4v) is 1.79. The van der Waals surface area contributed by atoms with Gasteiger partial charge < -0.3 is 4.98 Å². The molecule has 0 bridgehead atoms. The predicted molar refractivity (Wildman–Crippen MR) is 72.7 cm³/mol. The van der Waals surface area contributed by atoms with Crippen LogP contribution in [-0.4, -0.2) is 9.97 Å². The van der Waals surface area contributed by atoms with Crippen molar-refractivity contribution in [1.82, 2.24) is 9.97 Å². The van der Waals surface area contributed by atoms with Crippen LogP contribution >= 0.6 is 34.2 Å². The second-order valence-electron chi connectivity index (χ2n) is 3.44. The van der Waals surface area contributed by atoms with Crippen molar-refractivity contribution in [3.63, 3.8) is 0 Å². The average molecular weight is 365 g/mol. The molecule has 0 radical (unpaired) electrons. The molecule has 0 atom stereocenters. The molecule has 0 spiro atoms. The highest BCUT2D eigenvalue weighted by molar-refractivity contribution is 14.1. The lowest BCUT2D eigenvalue weighted by Crippen LogP contribution is -2.14. The van der Waals surface area contributed by atoms with Crippen LogP contribution < -0.4 is 5.56 Å². The van der Waals surface area contributed by atoms with Crippen LogP contribution in [0, 0.1) is 16.3 Å². The van der Waals surface area contributed by atoms with Crippen molar-refractivity contribution < 1.29 is 4.39 Å². The first-order valence-electron chi connectivity index (χ1n) is 4.71. The van der Waals surface area contributed by atoms with Crippen LogP contribution in [0.25, 0.3) is 11.4 Å². The number of rotatable bonds is 1. The summed E-state index contributed by atoms with van der Waals surface area (Å²) in [5, 5.41) is 0.00125. The Hall–Kier alpha value is -0.950. The molecule has 0 saturated heterocycles. The maximum Gasteiger partial charge on any atom is 0.264 e. The van der Waals surface area contributed by atoms with E-state index in [1.165, 1.54) is 18.2 Å². The number of nitrogens with one attached hydrogen (secondary N) is 1. The molecule has 0 aliphatic carbocycles. The Morgan fingerprint density at radius 1 is 1.47 bits per heavy atom. The van der Waals surface area contributed by atoms with Gasteiger partial charge in [-0.1, -0.05) is 11.6 Å². The van der Waals surface area contributed by atoms with E-state index >= 15 is 0 Å². The zero-order chi connectivity index (χ0) is 12.6. The van der Waals surface area contributed by atoms with Gasteiger partial charge in [-0.25, -0.2) is 9.37 Å². The van der Waals surface area contributed by atoms with E-state index in [0.717, 1.165) is 0 Å². The van der Waals surface area contributed by atoms with Gasteiger partial charge in [0.2, 0.25) is 0 Å². The zero-order valence-corrected chi connectivity index (χ0v) is 11.6. The van der Waals surface area contributed by atoms with Gasteiger partial charge in [0, 0.05) is 5.56 Å². The zero-order valence-electron chi connectivity index (χ0n) is 8.72. The SMILES string of the molecule is Cc1nc(-c2ccc(F)c(Cl)c2)[nH]c(=O)c1I. The number of aryl methyl sites for hydroxylation is 1. The first-order valence-corrected chi connectivity index (χ1v) is 6.16. The van der Waals surface area contributed by atoms with Crippen molar-refractivity contribution in [2.75, 3.05) is 0 Å². The van der Waals surface area contributed by atoms with Gasteiger partial charge in [-0.15, -0.1) is 0 Å². The Bertz CT molecular complexity index is 642. The van der Waals surface area contributed by atoms with Gasteiger partial charge in [0.15, 0.2) is 0 Å². The summed E-state index contributed by atoms with van der Waals surface area (Å²) in [6.07, 6.45) is 0. The molecule has 0 aliphatic rings. The van der Waals surface area contributed by atoms with Crippen molar-refractivity contribution in [3.8, 4) is 11.4 Å². The van der Waals surface area contributed by atoms with Gasteiger partial charge in [0.05, 0.1) is 14.3 Å². The summed E-state index contributed by atoms with van der Waals surface area (Å²) in [5.74, 6) is -0.116. The third-order valence-electron chi connectivity index (χ3n) is 2.22. The van der Waals surface area contributed by atoms with E-state index in [0.29, 0.717) is 20.7 Å². The fourth-order valence-electron chi connectivity index (χ4n) is 1.35. The van der Waals surface area contributed by atoms with Crippen LogP contribution in [0.2, 0.25) is 5.02 Å². The quantitative estimate of drug-likeness (QED) is 0.790. The molecular weight excluding hydrogens is 357 g/mol. The molecule has 1 aromatic heterocycles. The predicted octanol–water partition coefficient (Wildman–Crippen LogP) is 3.14. The molecule has 2 aromatic rings. The van der Waals surface area contributed by atoms with Crippen LogP contribution in [0.4, 0.5) is 4.39 Å². The number of hydrogen-bond acceptors (Lipinski definition) is 2. The number of nitrogens with zero attached hydrogens (tertiary/aromatic N) is 1. The van der Waals surface area contributed by atoms with E-state index in [1.807, 2.05) is 22.6 Å². The highest BCUT2D eigenvalue weighted by atomic mass is 127. The van der Waals surface area contributed by atoms with Gasteiger partial charge in [-0.3, -0.25) is 4.79 Å². The second kappa shape index (κ2) is 4.73. The highest BCUT2D eigenvalue weighted by Gasteiger charge is 2.08. The van der Waals surface area contributed by atoms with Gasteiger partial charge in [0.1, 0.15) is 11.6 Å². The third kappa shape index (κ3) is 2.50. The van der Waals surface area contributed by atoms with Crippen molar-refractivity contribution in [2.45, 2.75) is 6.92 Å². The highest BCUT2D eigenvalue weighted by Crippen LogP contribution is 2.22. The molecule has 0 unspecified atom stereocenters. The number of aromatic amines is 1. The lowest BCUT2D eigenvalue weighted by atomic mass is 10.2. The molecule has 17 heavy (non-hydrogen) atoms. The topological polar surface area (TPSA) is 45.8 Å². The molecule has 88 valence electrons. The molecule has 0 amide bonds. The summed E-state index contributed by atoms with van der Waals surface area (Å²) in [6.45, 7) is 1.74. The van der Waals surface area contributed by atoms with Gasteiger partial charge in [0.25, 0.3) is 5.56 Å². The number of H-pyrrole nitrogens is 1. The van der Waals surface area contributed by atoms with Gasteiger partial charge >= 0.3 is 0 Å². The average Bonchev–Trinajstić information content (AvgIpc) is 2.29. The van der Waals surface area contributed by atoms with E-state index in [9.17, 15) is 9.18 Å². The molecule has 0 aliphatic heterocycles. The standard InChI is InChI=1S/C11H7ClFIN2O/c1-5-9(14)11(17)16-10(15-5)6-2-3-8(13)7(12)4-6/h2-4H,1H3,(H,15,16,17). The summed E-state index contributed by atoms with van der Waals surface area (Å²) < 4.78 is 13.6. The molecule has 1 aromatic carbocycles. The van der Waals surface area contributed by atoms with E-state index in [2.05, 4.69) is 9.97 Å². The summed E-state index contributed by atoms with van der Waals surface area (Å²) in [4.78, 5) is 18.4. The summed E-state index contributed by atoms with van der Waals surface area (Å²) in [5.41, 5.74) is 0.992. The molecule has 3 nitrogen and oxygen atoms in total. The Morgan fingerprint density at radius 3 is 2.76 bits per heavy atom. The molecular formula is C11H7ClFIN2O. The Balaban J connectivity index is 2.61. The summed E-state index contributed by atoms with van der Waals surface area (Å²) >= 11 is 7.60. The minimum absolute atomic E-state index is 0.00125. The number of aromatic nitrogens is 2. The van der Waals surface area contributed by atoms with E-state index in [1.54, 1.807) is 6.92 Å². The number of benzene rings is 1. The molecule has 1 N–H and O–H groups in total. The van der Waals surface area contributed by atoms with Crippen molar-refractivity contribution in [3.05, 3.63) is 48.7 Å². The van der Waals surface area contributed by atoms with Gasteiger partial charge in [-0.05, 0) is 47.7 Å². The molecule has 6 heteroatoms. The molecule has 0 saturated carbocycles. The number of hydrogen-bond donors (Lipinski definition) is 1. The summed E-state index contributed by atoms with van der Waals surface area (Å²) in [6, 6.07) is 4.19. The van der Waals surface area contributed by atoms with E-state index in [4.69, 9.17) is 11.6 Å². The number of halogens is 3. The minimum Gasteiger partial charge on any atom is -0.306 e. The Kier molecular flexibility index (Phi) is 3.48. The molecule has 2 rings (SSSR count). The van der Waals surface area contributed by atoms with Crippen LogP contribution in [0.15, 0.2) is 23.0 Å². The molecule has 1 heterocycles. The first kappa shape index (κ1) is 12.5. The maximum absolute atomic E-state index is 13.0. The van der Waals surface area contributed by atoms with E-state index in [-0.39, 0.29) is 10.6 Å². The van der Waals surface area contributed by atoms with Crippen LogP contribution in [0.1, 0.15) is 5.69 Å². The maximum atomic E-state index is 13.0. The van der Waals surface area contributed by atoms with Crippen LogP contribution in [-0.2, 0) is 0 Å². The summed E-state index contributed by atoms with van der Waals surface area (Å²) in [7, 11) is 0. The lowest BCUT2D eigenvalue weighted by molar-refractivity contribution is 0.628. The largest absolute Gasteiger partial charge is 0.306 e. The first-order chi connectivity index (χ1) is 7.99. The smallest absolute Gasteiger partial charge is 0.264 e. The fraction of sp³-hybridized carbons (Fsp3) is 0.0909. The molecule has 0 fully saturated rings. The monoisotopic (exact) mass is 364 g/mol. The van der Waals surface area contributed by atoms with Crippen molar-refractivity contribution in [2.24, 2.45) is 0 Å². The lowest BCUT2D eigenvalue weighted by Gasteiger charge is -2.04. The normalized spacial score (nSPS) is 10.6. The second-order valence-corrected chi connectivity index (χ2v) is 4.93. The third-order valence-corrected chi connectivity index (χ3v) is 3.78.